The summed E-state index contributed by atoms with van der Waals surface area (Å²) in [5.41, 5.74) is 2.59. The summed E-state index contributed by atoms with van der Waals surface area (Å²) in [6, 6.07) is 5.83. The van der Waals surface area contributed by atoms with Crippen molar-refractivity contribution in [3.63, 3.8) is 0 Å². The Bertz CT molecular complexity index is 841. The van der Waals surface area contributed by atoms with E-state index in [1.165, 1.54) is 24.1 Å². The zero-order chi connectivity index (χ0) is 16.3. The zero-order valence-corrected chi connectivity index (χ0v) is 13.7. The standard InChI is InChI=1S/C19H20N2O3/c1-23-16-8-6-14-18(20-16)19(11-24-14)15(22)7-5-12-3-2-4-13-9-10-21(19)17(12)13/h6,8-10,12H,2-5,7,11H2,1H3. The Balaban J connectivity index is 1.78. The van der Waals surface area contributed by atoms with Gasteiger partial charge in [-0.3, -0.25) is 4.79 Å². The minimum absolute atomic E-state index is 0.204. The summed E-state index contributed by atoms with van der Waals surface area (Å²) in [6.45, 7) is 0.329. The van der Waals surface area contributed by atoms with Crippen LogP contribution in [0.25, 0.3) is 0 Å². The van der Waals surface area contributed by atoms with E-state index in [-0.39, 0.29) is 5.78 Å². The predicted molar refractivity (Wildman–Crippen MR) is 87.7 cm³/mol. The smallest absolute Gasteiger partial charge is 0.213 e. The zero-order valence-electron chi connectivity index (χ0n) is 13.7. The molecule has 2 unspecified atom stereocenters. The maximum Gasteiger partial charge on any atom is 0.213 e. The second kappa shape index (κ2) is 4.85. The number of ether oxygens (including phenoxy) is 2. The van der Waals surface area contributed by atoms with Gasteiger partial charge in [-0.2, -0.15) is 0 Å². The largest absolute Gasteiger partial charge is 0.488 e. The van der Waals surface area contributed by atoms with Gasteiger partial charge in [-0.1, -0.05) is 0 Å². The quantitative estimate of drug-likeness (QED) is 0.809. The van der Waals surface area contributed by atoms with Crippen LogP contribution in [0.1, 0.15) is 48.6 Å². The van der Waals surface area contributed by atoms with Crippen molar-refractivity contribution < 1.29 is 14.3 Å². The first kappa shape index (κ1) is 14.1. The van der Waals surface area contributed by atoms with Crippen molar-refractivity contribution in [3.05, 3.63) is 41.3 Å². The van der Waals surface area contributed by atoms with E-state index in [0.29, 0.717) is 36.3 Å². The van der Waals surface area contributed by atoms with Crippen LogP contribution in [0.15, 0.2) is 24.4 Å². The van der Waals surface area contributed by atoms with Crippen LogP contribution in [0.5, 0.6) is 11.6 Å². The number of hydrogen-bond acceptors (Lipinski definition) is 4. The van der Waals surface area contributed by atoms with Crippen molar-refractivity contribution in [1.82, 2.24) is 9.55 Å². The number of Topliss-reactive ketones (excluding diaryl/α,β-unsaturated/α-hetero) is 1. The number of carbonyl (C=O) groups is 1. The molecule has 4 heterocycles. The number of rotatable bonds is 1. The topological polar surface area (TPSA) is 53.4 Å². The summed E-state index contributed by atoms with van der Waals surface area (Å²) in [5, 5.41) is 0. The molecule has 0 N–H and O–H groups in total. The Kier molecular flexibility index (Phi) is 2.84. The third-order valence-corrected chi connectivity index (χ3v) is 5.86. The van der Waals surface area contributed by atoms with Crippen LogP contribution >= 0.6 is 0 Å². The summed E-state index contributed by atoms with van der Waals surface area (Å²) in [5.74, 6) is 1.89. The highest BCUT2D eigenvalue weighted by molar-refractivity contribution is 5.92. The van der Waals surface area contributed by atoms with Crippen molar-refractivity contribution >= 4 is 5.78 Å². The molecule has 5 nitrogen and oxygen atoms in total. The molecule has 2 aromatic heterocycles. The van der Waals surface area contributed by atoms with E-state index in [2.05, 4.69) is 21.8 Å². The number of carbonyl (C=O) groups excluding carboxylic acids is 1. The van der Waals surface area contributed by atoms with Gasteiger partial charge in [0.1, 0.15) is 18.1 Å². The lowest BCUT2D eigenvalue weighted by molar-refractivity contribution is -0.126. The van der Waals surface area contributed by atoms with Crippen LogP contribution in [-0.2, 0) is 16.8 Å². The molecule has 2 aliphatic heterocycles. The molecule has 0 saturated carbocycles. The van der Waals surface area contributed by atoms with Gasteiger partial charge >= 0.3 is 0 Å². The Labute approximate surface area is 140 Å². The van der Waals surface area contributed by atoms with Crippen LogP contribution < -0.4 is 9.47 Å². The van der Waals surface area contributed by atoms with Crippen LogP contribution in [0, 0.1) is 0 Å². The van der Waals surface area contributed by atoms with Gasteiger partial charge < -0.3 is 14.0 Å². The van der Waals surface area contributed by atoms with E-state index in [1.807, 2.05) is 6.07 Å². The van der Waals surface area contributed by atoms with Gasteiger partial charge in [0.15, 0.2) is 11.3 Å². The molecule has 2 aromatic rings. The van der Waals surface area contributed by atoms with E-state index in [4.69, 9.17) is 9.47 Å². The molecule has 0 bridgehead atoms. The van der Waals surface area contributed by atoms with E-state index in [0.717, 1.165) is 12.8 Å². The average molecular weight is 324 g/mol. The molecule has 24 heavy (non-hydrogen) atoms. The third-order valence-electron chi connectivity index (χ3n) is 5.86. The van der Waals surface area contributed by atoms with Gasteiger partial charge in [0.05, 0.1) is 7.11 Å². The first-order valence-electron chi connectivity index (χ1n) is 8.66. The third kappa shape index (κ3) is 1.65. The van der Waals surface area contributed by atoms with E-state index >= 15 is 0 Å². The highest BCUT2D eigenvalue weighted by atomic mass is 16.5. The van der Waals surface area contributed by atoms with Crippen LogP contribution in [-0.4, -0.2) is 29.1 Å². The van der Waals surface area contributed by atoms with Crippen molar-refractivity contribution in [2.45, 2.75) is 43.6 Å². The fraction of sp³-hybridized carbons (Fsp3) is 0.474. The van der Waals surface area contributed by atoms with Crippen LogP contribution in [0.2, 0.25) is 0 Å². The SMILES string of the molecule is COc1ccc2c(n1)C1(CO2)C(=O)CCC2CCCc3ccn1c32. The lowest BCUT2D eigenvalue weighted by atomic mass is 9.85. The number of aryl methyl sites for hydroxylation is 1. The molecule has 0 amide bonds. The summed E-state index contributed by atoms with van der Waals surface area (Å²) < 4.78 is 13.4. The molecule has 1 aliphatic carbocycles. The summed E-state index contributed by atoms with van der Waals surface area (Å²) in [7, 11) is 1.60. The van der Waals surface area contributed by atoms with E-state index in [9.17, 15) is 4.79 Å². The van der Waals surface area contributed by atoms with Crippen LogP contribution in [0.3, 0.4) is 0 Å². The van der Waals surface area contributed by atoms with Crippen molar-refractivity contribution in [2.75, 3.05) is 13.7 Å². The second-order valence-corrected chi connectivity index (χ2v) is 7.00. The molecule has 0 radical (unpaired) electrons. The molecule has 5 heteroatoms. The molecule has 1 spiro atoms. The van der Waals surface area contributed by atoms with Gasteiger partial charge in [-0.05, 0) is 49.3 Å². The molecule has 0 aromatic carbocycles. The van der Waals surface area contributed by atoms with Crippen molar-refractivity contribution in [1.29, 1.82) is 0 Å². The molecular weight excluding hydrogens is 304 g/mol. The predicted octanol–water partition coefficient (Wildman–Crippen LogP) is 2.81. The number of hydrogen-bond donors (Lipinski definition) is 0. The Morgan fingerprint density at radius 3 is 3.08 bits per heavy atom. The van der Waals surface area contributed by atoms with Gasteiger partial charge in [-0.15, -0.1) is 0 Å². The van der Waals surface area contributed by atoms with Crippen molar-refractivity contribution in [2.24, 2.45) is 0 Å². The molecule has 2 atom stereocenters. The second-order valence-electron chi connectivity index (χ2n) is 7.00. The van der Waals surface area contributed by atoms with Gasteiger partial charge in [0, 0.05) is 24.4 Å². The molecular formula is C19H20N2O3. The van der Waals surface area contributed by atoms with Gasteiger partial charge in [0.2, 0.25) is 5.88 Å². The molecule has 124 valence electrons. The minimum Gasteiger partial charge on any atom is -0.488 e. The first-order valence-corrected chi connectivity index (χ1v) is 8.66. The first-order chi connectivity index (χ1) is 11.7. The Morgan fingerprint density at radius 2 is 2.21 bits per heavy atom. The lowest BCUT2D eigenvalue weighted by Crippen LogP contribution is -2.45. The summed E-state index contributed by atoms with van der Waals surface area (Å²) >= 11 is 0. The highest BCUT2D eigenvalue weighted by Crippen LogP contribution is 2.48. The van der Waals surface area contributed by atoms with Crippen LogP contribution in [0.4, 0.5) is 0 Å². The number of methoxy groups -OCH3 is 1. The van der Waals surface area contributed by atoms with E-state index in [1.54, 1.807) is 13.2 Å². The Morgan fingerprint density at radius 1 is 1.29 bits per heavy atom. The fourth-order valence-corrected chi connectivity index (χ4v) is 4.69. The number of nitrogens with zero attached hydrogens (tertiary/aromatic N) is 2. The summed E-state index contributed by atoms with van der Waals surface area (Å²) in [6.07, 6.45) is 7.06. The fourth-order valence-electron chi connectivity index (χ4n) is 4.69. The maximum atomic E-state index is 13.3. The summed E-state index contributed by atoms with van der Waals surface area (Å²) in [4.78, 5) is 17.9. The molecule has 0 fully saturated rings. The monoisotopic (exact) mass is 324 g/mol. The molecule has 3 aliphatic rings. The minimum atomic E-state index is -0.830. The highest BCUT2D eigenvalue weighted by Gasteiger charge is 2.53. The number of fused-ring (bicyclic) bond motifs is 3. The molecule has 0 saturated heterocycles. The average Bonchev–Trinajstić information content (AvgIpc) is 3.18. The maximum absolute atomic E-state index is 13.3. The number of aromatic nitrogens is 2. The van der Waals surface area contributed by atoms with Crippen molar-refractivity contribution in [3.8, 4) is 11.6 Å². The number of pyridine rings is 1. The van der Waals surface area contributed by atoms with Gasteiger partial charge in [0.25, 0.3) is 0 Å². The van der Waals surface area contributed by atoms with E-state index < -0.39 is 5.54 Å². The van der Waals surface area contributed by atoms with Gasteiger partial charge in [-0.25, -0.2) is 4.98 Å². The normalized spacial score (nSPS) is 27.4. The number of ketones is 1. The Hall–Kier alpha value is -2.30. The molecule has 5 rings (SSSR count). The lowest BCUT2D eigenvalue weighted by Gasteiger charge is -2.30.